The third-order valence-corrected chi connectivity index (χ3v) is 3.60. The zero-order chi connectivity index (χ0) is 21.0. The van der Waals surface area contributed by atoms with Gasteiger partial charge in [0.25, 0.3) is 11.8 Å². The average Bonchev–Trinajstić information content (AvgIpc) is 3.04. The molecule has 1 aliphatic rings. The topological polar surface area (TPSA) is 110 Å². The molecule has 10 heteroatoms. The Morgan fingerprint density at radius 3 is 1.31 bits per heavy atom. The highest BCUT2D eigenvalue weighted by atomic mass is 16.6. The van der Waals surface area contributed by atoms with Crippen molar-refractivity contribution < 1.29 is 42.8 Å². The van der Waals surface area contributed by atoms with Crippen molar-refractivity contribution in [3.05, 3.63) is 12.2 Å². The van der Waals surface area contributed by atoms with Crippen molar-refractivity contribution in [2.75, 3.05) is 85.8 Å². The molecular formula is C19H31NO9. The Balaban J connectivity index is 1.70. The Morgan fingerprint density at radius 1 is 0.586 bits per heavy atom. The number of amides is 2. The molecule has 0 aromatic rings. The normalized spacial score (nSPS) is 13.6. The highest BCUT2D eigenvalue weighted by Crippen LogP contribution is 2.02. The van der Waals surface area contributed by atoms with Gasteiger partial charge in [0.15, 0.2) is 0 Å². The highest BCUT2D eigenvalue weighted by molar-refractivity contribution is 6.12. The number of hydrogen-bond acceptors (Lipinski definition) is 9. The molecule has 0 aliphatic carbocycles. The summed E-state index contributed by atoms with van der Waals surface area (Å²) in [5.74, 6) is -0.610. The molecule has 0 saturated heterocycles. The minimum absolute atomic E-state index is 0.244. The summed E-state index contributed by atoms with van der Waals surface area (Å²) in [6, 6.07) is 0. The van der Waals surface area contributed by atoms with Crippen LogP contribution in [0, 0.1) is 0 Å². The number of nitrogens with zero attached hydrogens (tertiary/aromatic N) is 1. The first kappa shape index (κ1) is 25.3. The first-order valence-corrected chi connectivity index (χ1v) is 9.69. The Bertz CT molecular complexity index is 466. The van der Waals surface area contributed by atoms with E-state index in [1.807, 2.05) is 0 Å². The number of rotatable bonds is 21. The fraction of sp³-hybridized carbons (Fsp3) is 0.737. The van der Waals surface area contributed by atoms with Gasteiger partial charge in [-0.3, -0.25) is 14.5 Å². The molecule has 0 fully saturated rings. The maximum absolute atomic E-state index is 11.3. The molecule has 0 aromatic heterocycles. The van der Waals surface area contributed by atoms with Gasteiger partial charge in [0.2, 0.25) is 0 Å². The van der Waals surface area contributed by atoms with Crippen LogP contribution in [0.1, 0.15) is 6.42 Å². The molecule has 0 unspecified atom stereocenters. The van der Waals surface area contributed by atoms with Crippen LogP contribution in [0.3, 0.4) is 0 Å². The summed E-state index contributed by atoms with van der Waals surface area (Å²) in [6.07, 6.45) is 3.73. The van der Waals surface area contributed by atoms with E-state index in [4.69, 9.17) is 28.4 Å². The third-order valence-electron chi connectivity index (χ3n) is 3.60. The SMILES string of the molecule is O=CCCOCCOCCOCCOCCOCCOCCN1C(=O)C=CC1=O. The lowest BCUT2D eigenvalue weighted by molar-refractivity contribution is -0.137. The van der Waals surface area contributed by atoms with Crippen LogP contribution in [-0.4, -0.2) is 109 Å². The molecule has 10 nitrogen and oxygen atoms in total. The van der Waals surface area contributed by atoms with Gasteiger partial charge in [0.1, 0.15) is 6.29 Å². The van der Waals surface area contributed by atoms with Crippen LogP contribution in [-0.2, 0) is 42.8 Å². The highest BCUT2D eigenvalue weighted by Gasteiger charge is 2.22. The second-order valence-electron chi connectivity index (χ2n) is 5.79. The minimum Gasteiger partial charge on any atom is -0.379 e. The van der Waals surface area contributed by atoms with E-state index in [9.17, 15) is 14.4 Å². The van der Waals surface area contributed by atoms with Crippen molar-refractivity contribution in [1.29, 1.82) is 0 Å². The third kappa shape index (κ3) is 14.0. The van der Waals surface area contributed by atoms with E-state index >= 15 is 0 Å². The van der Waals surface area contributed by atoms with Crippen molar-refractivity contribution in [2.24, 2.45) is 0 Å². The number of carbonyl (C=O) groups excluding carboxylic acids is 3. The van der Waals surface area contributed by atoms with Crippen LogP contribution in [0.25, 0.3) is 0 Å². The monoisotopic (exact) mass is 417 g/mol. The van der Waals surface area contributed by atoms with Gasteiger partial charge in [-0.25, -0.2) is 0 Å². The standard InChI is InChI=1S/C19H31NO9/c21-5-1-6-24-8-10-26-12-14-28-16-17-29-15-13-27-11-9-25-7-4-20-18(22)2-3-19(20)23/h2-3,5H,1,4,6-17H2. The second kappa shape index (κ2) is 18.3. The maximum Gasteiger partial charge on any atom is 0.253 e. The molecule has 1 heterocycles. The van der Waals surface area contributed by atoms with Crippen LogP contribution in [0.5, 0.6) is 0 Å². The van der Waals surface area contributed by atoms with Crippen LogP contribution >= 0.6 is 0 Å². The Labute approximate surface area is 171 Å². The molecule has 0 N–H and O–H groups in total. The number of aldehydes is 1. The lowest BCUT2D eigenvalue weighted by atomic mass is 10.5. The first-order chi connectivity index (χ1) is 14.3. The van der Waals surface area contributed by atoms with E-state index < -0.39 is 0 Å². The Hall–Kier alpha value is -1.69. The molecule has 166 valence electrons. The van der Waals surface area contributed by atoms with Gasteiger partial charge < -0.3 is 33.2 Å². The molecule has 0 aromatic carbocycles. The fourth-order valence-corrected chi connectivity index (χ4v) is 2.14. The lowest BCUT2D eigenvalue weighted by Gasteiger charge is -2.13. The van der Waals surface area contributed by atoms with Crippen LogP contribution < -0.4 is 0 Å². The van der Waals surface area contributed by atoms with E-state index in [1.54, 1.807) is 0 Å². The van der Waals surface area contributed by atoms with E-state index in [0.29, 0.717) is 79.1 Å². The second-order valence-corrected chi connectivity index (χ2v) is 5.79. The molecule has 0 radical (unpaired) electrons. The van der Waals surface area contributed by atoms with Gasteiger partial charge in [-0.05, 0) is 0 Å². The van der Waals surface area contributed by atoms with Crippen LogP contribution in [0.2, 0.25) is 0 Å². The average molecular weight is 417 g/mol. The summed E-state index contributed by atoms with van der Waals surface area (Å²) in [4.78, 5) is 33.8. The summed E-state index contributed by atoms with van der Waals surface area (Å²) < 4.78 is 31.9. The predicted molar refractivity (Wildman–Crippen MR) is 101 cm³/mol. The van der Waals surface area contributed by atoms with Gasteiger partial charge in [-0.1, -0.05) is 0 Å². The zero-order valence-electron chi connectivity index (χ0n) is 16.8. The summed E-state index contributed by atoms with van der Waals surface area (Å²) >= 11 is 0. The molecule has 0 bridgehead atoms. The quantitative estimate of drug-likeness (QED) is 0.140. The molecule has 0 spiro atoms. The molecule has 1 rings (SSSR count). The lowest BCUT2D eigenvalue weighted by Crippen LogP contribution is -2.33. The molecule has 1 aliphatic heterocycles. The van der Waals surface area contributed by atoms with Crippen molar-refractivity contribution >= 4 is 18.1 Å². The summed E-state index contributed by atoms with van der Waals surface area (Å²) in [5, 5.41) is 0. The predicted octanol–water partition coefficient (Wildman–Crippen LogP) is -0.400. The Kier molecular flexibility index (Phi) is 16.0. The van der Waals surface area contributed by atoms with Gasteiger partial charge >= 0.3 is 0 Å². The summed E-state index contributed by atoms with van der Waals surface area (Å²) in [5.41, 5.74) is 0. The summed E-state index contributed by atoms with van der Waals surface area (Å²) in [7, 11) is 0. The van der Waals surface area contributed by atoms with Crippen molar-refractivity contribution in [3.8, 4) is 0 Å². The van der Waals surface area contributed by atoms with Crippen molar-refractivity contribution in [3.63, 3.8) is 0 Å². The van der Waals surface area contributed by atoms with Crippen molar-refractivity contribution in [2.45, 2.75) is 6.42 Å². The van der Waals surface area contributed by atoms with Gasteiger partial charge in [0.05, 0.1) is 85.8 Å². The number of hydrogen-bond donors (Lipinski definition) is 0. The molecule has 0 saturated carbocycles. The van der Waals surface area contributed by atoms with E-state index in [2.05, 4.69) is 0 Å². The number of imide groups is 1. The fourth-order valence-electron chi connectivity index (χ4n) is 2.14. The zero-order valence-corrected chi connectivity index (χ0v) is 16.8. The minimum atomic E-state index is -0.305. The molecule has 29 heavy (non-hydrogen) atoms. The number of carbonyl (C=O) groups is 3. The van der Waals surface area contributed by atoms with Gasteiger partial charge in [-0.2, -0.15) is 0 Å². The molecule has 2 amide bonds. The van der Waals surface area contributed by atoms with Gasteiger partial charge in [-0.15, -0.1) is 0 Å². The van der Waals surface area contributed by atoms with Gasteiger partial charge in [0, 0.05) is 18.6 Å². The smallest absolute Gasteiger partial charge is 0.253 e. The Morgan fingerprint density at radius 2 is 0.931 bits per heavy atom. The van der Waals surface area contributed by atoms with Crippen LogP contribution in [0.4, 0.5) is 0 Å². The van der Waals surface area contributed by atoms with E-state index in [0.717, 1.165) is 11.2 Å². The summed E-state index contributed by atoms with van der Waals surface area (Å²) in [6.45, 7) is 5.52. The molecular weight excluding hydrogens is 386 g/mol. The first-order valence-electron chi connectivity index (χ1n) is 9.69. The largest absolute Gasteiger partial charge is 0.379 e. The molecule has 0 atom stereocenters. The van der Waals surface area contributed by atoms with Crippen molar-refractivity contribution in [1.82, 2.24) is 4.90 Å². The van der Waals surface area contributed by atoms with E-state index in [-0.39, 0.29) is 25.0 Å². The maximum atomic E-state index is 11.3. The van der Waals surface area contributed by atoms with Crippen LogP contribution in [0.15, 0.2) is 12.2 Å². The number of ether oxygens (including phenoxy) is 6. The van der Waals surface area contributed by atoms with E-state index in [1.165, 1.54) is 12.2 Å².